The zero-order valence-electron chi connectivity index (χ0n) is 9.62. The number of aliphatic imine (C=N–C) groups is 1. The van der Waals surface area contributed by atoms with Crippen molar-refractivity contribution in [2.45, 2.75) is 33.1 Å². The van der Waals surface area contributed by atoms with E-state index in [1.807, 2.05) is 0 Å². The topological polar surface area (TPSA) is 67.5 Å². The van der Waals surface area contributed by atoms with E-state index >= 15 is 0 Å². The molecule has 1 saturated carbocycles. The molecule has 1 fully saturated rings. The molecule has 4 nitrogen and oxygen atoms in total. The van der Waals surface area contributed by atoms with Gasteiger partial charge in [0.15, 0.2) is 0 Å². The van der Waals surface area contributed by atoms with Gasteiger partial charge in [-0.3, -0.25) is 9.79 Å². The highest BCUT2D eigenvalue weighted by atomic mass is 16.1. The minimum atomic E-state index is 0.0658. The number of amidine groups is 1. The van der Waals surface area contributed by atoms with E-state index in [2.05, 4.69) is 24.2 Å². The van der Waals surface area contributed by atoms with Gasteiger partial charge in [-0.2, -0.15) is 0 Å². The van der Waals surface area contributed by atoms with Crippen molar-refractivity contribution in [3.8, 4) is 0 Å². The Labute approximate surface area is 91.3 Å². The number of nitrogens with zero attached hydrogens (tertiary/aromatic N) is 1. The molecule has 0 aliphatic heterocycles. The SMILES string of the molecule is CC(C)CNC(=O)CCN=C(N)C1CC1. The Morgan fingerprint density at radius 3 is 2.73 bits per heavy atom. The van der Waals surface area contributed by atoms with Crippen LogP contribution in [0.15, 0.2) is 4.99 Å². The van der Waals surface area contributed by atoms with Gasteiger partial charge in [0.25, 0.3) is 0 Å². The molecule has 0 aromatic rings. The van der Waals surface area contributed by atoms with E-state index in [0.717, 1.165) is 25.2 Å². The number of hydrogen-bond donors (Lipinski definition) is 2. The summed E-state index contributed by atoms with van der Waals surface area (Å²) in [5.41, 5.74) is 5.71. The largest absolute Gasteiger partial charge is 0.387 e. The van der Waals surface area contributed by atoms with Crippen molar-refractivity contribution in [3.63, 3.8) is 0 Å². The van der Waals surface area contributed by atoms with Crippen molar-refractivity contribution in [1.82, 2.24) is 5.32 Å². The van der Waals surface area contributed by atoms with Crippen LogP contribution >= 0.6 is 0 Å². The second-order valence-electron chi connectivity index (χ2n) is 4.53. The van der Waals surface area contributed by atoms with Gasteiger partial charge in [0.2, 0.25) is 5.91 Å². The highest BCUT2D eigenvalue weighted by Gasteiger charge is 2.25. The molecule has 1 aliphatic carbocycles. The Hall–Kier alpha value is -1.06. The lowest BCUT2D eigenvalue weighted by atomic mass is 10.2. The third kappa shape index (κ3) is 5.40. The average Bonchev–Trinajstić information content (AvgIpc) is 2.97. The summed E-state index contributed by atoms with van der Waals surface area (Å²) in [6.45, 7) is 5.40. The number of amides is 1. The van der Waals surface area contributed by atoms with Gasteiger partial charge < -0.3 is 11.1 Å². The summed E-state index contributed by atoms with van der Waals surface area (Å²) in [6, 6.07) is 0. The first-order valence-electron chi connectivity index (χ1n) is 5.66. The smallest absolute Gasteiger partial charge is 0.221 e. The first kappa shape index (κ1) is 12.0. The van der Waals surface area contributed by atoms with Gasteiger partial charge in [0.1, 0.15) is 0 Å². The van der Waals surface area contributed by atoms with Crippen LogP contribution < -0.4 is 11.1 Å². The molecule has 3 N–H and O–H groups in total. The minimum Gasteiger partial charge on any atom is -0.387 e. The van der Waals surface area contributed by atoms with Crippen LogP contribution in [-0.2, 0) is 4.79 Å². The van der Waals surface area contributed by atoms with E-state index in [4.69, 9.17) is 5.73 Å². The van der Waals surface area contributed by atoms with E-state index in [-0.39, 0.29) is 5.91 Å². The highest BCUT2D eigenvalue weighted by Crippen LogP contribution is 2.28. The summed E-state index contributed by atoms with van der Waals surface area (Å²) in [7, 11) is 0. The van der Waals surface area contributed by atoms with E-state index in [1.165, 1.54) is 0 Å². The Morgan fingerprint density at radius 1 is 1.53 bits per heavy atom. The normalized spacial score (nSPS) is 16.9. The second kappa shape index (κ2) is 5.73. The molecule has 0 spiro atoms. The Bertz CT molecular complexity index is 244. The summed E-state index contributed by atoms with van der Waals surface area (Å²) in [4.78, 5) is 15.5. The second-order valence-corrected chi connectivity index (χ2v) is 4.53. The van der Waals surface area contributed by atoms with Crippen molar-refractivity contribution < 1.29 is 4.79 Å². The van der Waals surface area contributed by atoms with Crippen molar-refractivity contribution >= 4 is 11.7 Å². The van der Waals surface area contributed by atoms with Crippen molar-refractivity contribution in [3.05, 3.63) is 0 Å². The average molecular weight is 211 g/mol. The number of nitrogens with two attached hydrogens (primary N) is 1. The standard InChI is InChI=1S/C11H21N3O/c1-8(2)7-14-10(15)5-6-13-11(12)9-3-4-9/h8-9H,3-7H2,1-2H3,(H2,12,13)(H,14,15). The molecule has 86 valence electrons. The van der Waals surface area contributed by atoms with Crippen LogP contribution in [0.25, 0.3) is 0 Å². The molecular formula is C11H21N3O. The number of hydrogen-bond acceptors (Lipinski definition) is 2. The summed E-state index contributed by atoms with van der Waals surface area (Å²) in [5, 5.41) is 2.85. The zero-order chi connectivity index (χ0) is 11.3. The Morgan fingerprint density at radius 2 is 2.20 bits per heavy atom. The fourth-order valence-electron chi connectivity index (χ4n) is 1.20. The highest BCUT2D eigenvalue weighted by molar-refractivity contribution is 5.85. The first-order valence-corrected chi connectivity index (χ1v) is 5.66. The quantitative estimate of drug-likeness (QED) is 0.506. The molecule has 0 atom stereocenters. The Kier molecular flexibility index (Phi) is 4.59. The molecule has 0 heterocycles. The molecule has 0 aromatic carbocycles. The molecule has 1 amide bonds. The molecule has 0 bridgehead atoms. The molecule has 0 unspecified atom stereocenters. The maximum absolute atomic E-state index is 11.3. The number of carbonyl (C=O) groups excluding carboxylic acids is 1. The van der Waals surface area contributed by atoms with Gasteiger partial charge in [-0.1, -0.05) is 13.8 Å². The van der Waals surface area contributed by atoms with E-state index in [9.17, 15) is 4.79 Å². The predicted molar refractivity (Wildman–Crippen MR) is 61.7 cm³/mol. The maximum Gasteiger partial charge on any atom is 0.221 e. The van der Waals surface area contributed by atoms with Crippen molar-refractivity contribution in [2.24, 2.45) is 22.6 Å². The first-order chi connectivity index (χ1) is 7.09. The summed E-state index contributed by atoms with van der Waals surface area (Å²) in [5.74, 6) is 1.79. The van der Waals surface area contributed by atoms with E-state index in [1.54, 1.807) is 0 Å². The van der Waals surface area contributed by atoms with Crippen molar-refractivity contribution in [2.75, 3.05) is 13.1 Å². The molecule has 1 aliphatic rings. The Balaban J connectivity index is 2.08. The molecule has 4 heteroatoms. The fraction of sp³-hybridized carbons (Fsp3) is 0.818. The molecule has 1 rings (SSSR count). The number of rotatable bonds is 6. The van der Waals surface area contributed by atoms with Gasteiger partial charge in [-0.05, 0) is 18.8 Å². The van der Waals surface area contributed by atoms with E-state index in [0.29, 0.717) is 24.8 Å². The van der Waals surface area contributed by atoms with Crippen LogP contribution in [-0.4, -0.2) is 24.8 Å². The lowest BCUT2D eigenvalue weighted by Crippen LogP contribution is -2.27. The van der Waals surface area contributed by atoms with Crippen LogP contribution in [0, 0.1) is 11.8 Å². The van der Waals surface area contributed by atoms with Crippen LogP contribution in [0.3, 0.4) is 0 Å². The lowest BCUT2D eigenvalue weighted by Gasteiger charge is -2.06. The van der Waals surface area contributed by atoms with Crippen LogP contribution in [0.1, 0.15) is 33.1 Å². The predicted octanol–water partition coefficient (Wildman–Crippen LogP) is 0.916. The molecule has 0 radical (unpaired) electrons. The summed E-state index contributed by atoms with van der Waals surface area (Å²) >= 11 is 0. The van der Waals surface area contributed by atoms with Gasteiger partial charge >= 0.3 is 0 Å². The molecule has 15 heavy (non-hydrogen) atoms. The minimum absolute atomic E-state index is 0.0658. The maximum atomic E-state index is 11.3. The van der Waals surface area contributed by atoms with Crippen LogP contribution in [0.2, 0.25) is 0 Å². The molecular weight excluding hydrogens is 190 g/mol. The summed E-state index contributed by atoms with van der Waals surface area (Å²) < 4.78 is 0. The number of nitrogens with one attached hydrogen (secondary N) is 1. The summed E-state index contributed by atoms with van der Waals surface area (Å²) in [6.07, 6.45) is 2.77. The van der Waals surface area contributed by atoms with Gasteiger partial charge in [0, 0.05) is 25.4 Å². The molecule has 0 saturated heterocycles. The van der Waals surface area contributed by atoms with Gasteiger partial charge in [-0.25, -0.2) is 0 Å². The lowest BCUT2D eigenvalue weighted by molar-refractivity contribution is -0.121. The van der Waals surface area contributed by atoms with Crippen LogP contribution in [0.4, 0.5) is 0 Å². The van der Waals surface area contributed by atoms with Crippen LogP contribution in [0.5, 0.6) is 0 Å². The number of carbonyl (C=O) groups is 1. The van der Waals surface area contributed by atoms with Gasteiger partial charge in [0.05, 0.1) is 5.84 Å². The zero-order valence-corrected chi connectivity index (χ0v) is 9.62. The fourth-order valence-corrected chi connectivity index (χ4v) is 1.20. The third-order valence-electron chi connectivity index (χ3n) is 2.34. The van der Waals surface area contributed by atoms with Gasteiger partial charge in [-0.15, -0.1) is 0 Å². The third-order valence-corrected chi connectivity index (χ3v) is 2.34. The van der Waals surface area contributed by atoms with Crippen molar-refractivity contribution in [1.29, 1.82) is 0 Å². The monoisotopic (exact) mass is 211 g/mol. The van der Waals surface area contributed by atoms with E-state index < -0.39 is 0 Å². The molecule has 0 aromatic heterocycles.